The second-order valence-electron chi connectivity index (χ2n) is 3.85. The summed E-state index contributed by atoms with van der Waals surface area (Å²) in [6, 6.07) is 6.43. The van der Waals surface area contributed by atoms with Gasteiger partial charge in [-0.25, -0.2) is 0 Å². The zero-order chi connectivity index (χ0) is 13.5. The highest BCUT2D eigenvalue weighted by Gasteiger charge is 2.13. The first kappa shape index (κ1) is 14.5. The van der Waals surface area contributed by atoms with E-state index in [0.717, 1.165) is 0 Å². The molecule has 1 rings (SSSR count). The number of aliphatic hydroxyl groups excluding tert-OH is 1. The van der Waals surface area contributed by atoms with E-state index in [1.54, 1.807) is 31.2 Å². The fourth-order valence-electron chi connectivity index (χ4n) is 1.20. The molecule has 18 heavy (non-hydrogen) atoms. The third-order valence-electron chi connectivity index (χ3n) is 2.16. The maximum Gasteiger partial charge on any atom is 0.313 e. The molecule has 0 heterocycles. The van der Waals surface area contributed by atoms with Crippen LogP contribution < -0.4 is 10.6 Å². The van der Waals surface area contributed by atoms with Gasteiger partial charge in [-0.3, -0.25) is 9.59 Å². The van der Waals surface area contributed by atoms with Gasteiger partial charge in [0, 0.05) is 17.3 Å². The van der Waals surface area contributed by atoms with E-state index in [9.17, 15) is 9.59 Å². The molecule has 0 radical (unpaired) electrons. The summed E-state index contributed by atoms with van der Waals surface area (Å²) in [5.41, 5.74) is 0.495. The van der Waals surface area contributed by atoms with Gasteiger partial charge in [0.05, 0.1) is 6.10 Å². The highest BCUT2D eigenvalue weighted by Crippen LogP contribution is 2.13. The van der Waals surface area contributed by atoms with Gasteiger partial charge >= 0.3 is 11.8 Å². The Bertz CT molecular complexity index is 418. The first-order valence-electron chi connectivity index (χ1n) is 5.52. The van der Waals surface area contributed by atoms with Crippen molar-refractivity contribution in [1.82, 2.24) is 5.32 Å². The molecule has 98 valence electrons. The van der Waals surface area contributed by atoms with Gasteiger partial charge in [-0.2, -0.15) is 0 Å². The van der Waals surface area contributed by atoms with Gasteiger partial charge in [0.25, 0.3) is 0 Å². The Balaban J connectivity index is 2.40. The lowest BCUT2D eigenvalue weighted by Crippen LogP contribution is -2.36. The predicted molar refractivity (Wildman–Crippen MR) is 69.4 cm³/mol. The van der Waals surface area contributed by atoms with Crippen molar-refractivity contribution in [2.75, 3.05) is 11.9 Å². The molecule has 1 aromatic carbocycles. The van der Waals surface area contributed by atoms with Crippen molar-refractivity contribution in [3.05, 3.63) is 29.3 Å². The molecule has 6 heteroatoms. The van der Waals surface area contributed by atoms with E-state index in [4.69, 9.17) is 16.7 Å². The molecule has 0 aromatic heterocycles. The first-order valence-corrected chi connectivity index (χ1v) is 5.89. The van der Waals surface area contributed by atoms with Crippen LogP contribution in [0.1, 0.15) is 13.3 Å². The van der Waals surface area contributed by atoms with Crippen molar-refractivity contribution in [3.8, 4) is 0 Å². The zero-order valence-corrected chi connectivity index (χ0v) is 10.7. The molecule has 0 aliphatic carbocycles. The van der Waals surface area contributed by atoms with Gasteiger partial charge in [0.1, 0.15) is 0 Å². The fraction of sp³-hybridized carbons (Fsp3) is 0.333. The van der Waals surface area contributed by atoms with E-state index in [-0.39, 0.29) is 6.54 Å². The van der Waals surface area contributed by atoms with Crippen LogP contribution in [0.15, 0.2) is 24.3 Å². The Labute approximate surface area is 110 Å². The number of anilines is 1. The Morgan fingerprint density at radius 2 is 1.89 bits per heavy atom. The van der Waals surface area contributed by atoms with Gasteiger partial charge in [0.2, 0.25) is 0 Å². The topological polar surface area (TPSA) is 78.4 Å². The summed E-state index contributed by atoms with van der Waals surface area (Å²) in [7, 11) is 0. The summed E-state index contributed by atoms with van der Waals surface area (Å²) in [5, 5.41) is 14.4. The van der Waals surface area contributed by atoms with Crippen molar-refractivity contribution >= 4 is 29.1 Å². The highest BCUT2D eigenvalue weighted by molar-refractivity contribution is 6.39. The highest BCUT2D eigenvalue weighted by atomic mass is 35.5. The molecule has 1 atom stereocenters. The number of amides is 2. The maximum absolute atomic E-state index is 11.5. The number of halogens is 1. The molecular formula is C12H15ClN2O3. The molecule has 0 saturated carbocycles. The second-order valence-corrected chi connectivity index (χ2v) is 4.29. The third kappa shape index (κ3) is 5.16. The molecular weight excluding hydrogens is 256 g/mol. The summed E-state index contributed by atoms with van der Waals surface area (Å²) in [6.07, 6.45) is -0.107. The average Bonchev–Trinajstić information content (AvgIpc) is 2.31. The fourth-order valence-corrected chi connectivity index (χ4v) is 1.32. The zero-order valence-electron chi connectivity index (χ0n) is 9.94. The lowest BCUT2D eigenvalue weighted by molar-refractivity contribution is -0.136. The van der Waals surface area contributed by atoms with Gasteiger partial charge in [-0.1, -0.05) is 11.6 Å². The van der Waals surface area contributed by atoms with E-state index in [1.165, 1.54) is 0 Å². The number of carbonyl (C=O) groups excluding carboxylic acids is 2. The van der Waals surface area contributed by atoms with Crippen molar-refractivity contribution < 1.29 is 14.7 Å². The number of aliphatic hydroxyl groups is 1. The largest absolute Gasteiger partial charge is 0.393 e. The van der Waals surface area contributed by atoms with Gasteiger partial charge in [-0.05, 0) is 37.6 Å². The number of hydrogen-bond acceptors (Lipinski definition) is 3. The van der Waals surface area contributed by atoms with Crippen molar-refractivity contribution in [3.63, 3.8) is 0 Å². The number of nitrogens with one attached hydrogen (secondary N) is 2. The molecule has 3 N–H and O–H groups in total. The normalized spacial score (nSPS) is 11.7. The smallest absolute Gasteiger partial charge is 0.313 e. The van der Waals surface area contributed by atoms with Crippen LogP contribution in [0.4, 0.5) is 5.69 Å². The molecule has 1 aromatic rings. The minimum atomic E-state index is -0.747. The first-order chi connectivity index (χ1) is 8.49. The number of carbonyl (C=O) groups is 2. The minimum absolute atomic E-state index is 0.255. The second kappa shape index (κ2) is 6.98. The van der Waals surface area contributed by atoms with Gasteiger partial charge in [-0.15, -0.1) is 0 Å². The molecule has 0 fully saturated rings. The summed E-state index contributed by atoms with van der Waals surface area (Å²) >= 11 is 5.69. The van der Waals surface area contributed by atoms with Crippen LogP contribution in [0, 0.1) is 0 Å². The van der Waals surface area contributed by atoms with E-state index >= 15 is 0 Å². The lowest BCUT2D eigenvalue weighted by atomic mass is 10.3. The Morgan fingerprint density at radius 3 is 2.44 bits per heavy atom. The monoisotopic (exact) mass is 270 g/mol. The molecule has 0 spiro atoms. The van der Waals surface area contributed by atoms with Crippen LogP contribution >= 0.6 is 11.6 Å². The number of hydrogen-bond donors (Lipinski definition) is 3. The molecule has 0 saturated heterocycles. The summed E-state index contributed by atoms with van der Waals surface area (Å²) in [4.78, 5) is 22.8. The van der Waals surface area contributed by atoms with E-state index in [1.807, 2.05) is 0 Å². The lowest BCUT2D eigenvalue weighted by Gasteiger charge is -2.07. The molecule has 2 amide bonds. The van der Waals surface area contributed by atoms with Crippen molar-refractivity contribution in [2.45, 2.75) is 19.4 Å². The molecule has 0 aliphatic heterocycles. The quantitative estimate of drug-likeness (QED) is 0.719. The van der Waals surface area contributed by atoms with Crippen LogP contribution in [0.2, 0.25) is 5.02 Å². The Kier molecular flexibility index (Phi) is 5.61. The molecule has 1 unspecified atom stereocenters. The van der Waals surface area contributed by atoms with Crippen LogP contribution in [-0.2, 0) is 9.59 Å². The summed E-state index contributed by atoms with van der Waals surface area (Å²) < 4.78 is 0. The van der Waals surface area contributed by atoms with E-state index in [0.29, 0.717) is 17.1 Å². The minimum Gasteiger partial charge on any atom is -0.393 e. The van der Waals surface area contributed by atoms with Crippen LogP contribution in [0.5, 0.6) is 0 Å². The van der Waals surface area contributed by atoms with Crippen molar-refractivity contribution in [1.29, 1.82) is 0 Å². The third-order valence-corrected chi connectivity index (χ3v) is 2.41. The standard InChI is InChI=1S/C12H15ClN2O3/c1-8(16)6-7-14-11(17)12(18)15-10-4-2-9(13)3-5-10/h2-5,8,16H,6-7H2,1H3,(H,14,17)(H,15,18). The average molecular weight is 271 g/mol. The van der Waals surface area contributed by atoms with Crippen molar-refractivity contribution in [2.24, 2.45) is 0 Å². The summed E-state index contributed by atoms with van der Waals surface area (Å²) in [6.45, 7) is 1.87. The van der Waals surface area contributed by atoms with E-state index < -0.39 is 17.9 Å². The number of benzene rings is 1. The van der Waals surface area contributed by atoms with Crippen LogP contribution in [0.3, 0.4) is 0 Å². The molecule has 5 nitrogen and oxygen atoms in total. The van der Waals surface area contributed by atoms with Gasteiger partial charge < -0.3 is 15.7 Å². The molecule has 0 bridgehead atoms. The van der Waals surface area contributed by atoms with Gasteiger partial charge in [0.15, 0.2) is 0 Å². The Morgan fingerprint density at radius 1 is 1.28 bits per heavy atom. The Hall–Kier alpha value is -1.59. The van der Waals surface area contributed by atoms with Crippen LogP contribution in [-0.4, -0.2) is 29.6 Å². The van der Waals surface area contributed by atoms with E-state index in [2.05, 4.69) is 10.6 Å². The summed E-state index contributed by atoms with van der Waals surface area (Å²) in [5.74, 6) is -1.48. The SMILES string of the molecule is CC(O)CCNC(=O)C(=O)Nc1ccc(Cl)cc1. The van der Waals surface area contributed by atoms with Crippen LogP contribution in [0.25, 0.3) is 0 Å². The predicted octanol–water partition coefficient (Wildman–Crippen LogP) is 1.17. The number of rotatable bonds is 4. The maximum atomic E-state index is 11.5. The molecule has 0 aliphatic rings.